The molecular formula is C20H42N2O5S. The van der Waals surface area contributed by atoms with E-state index in [-0.39, 0.29) is 5.91 Å². The second-order valence-corrected chi connectivity index (χ2v) is 8.71. The third-order valence-electron chi connectivity index (χ3n) is 4.63. The minimum absolute atomic E-state index is 0.229. The molecule has 0 fully saturated rings. The molecule has 1 amide bonds. The van der Waals surface area contributed by atoms with Crippen LogP contribution in [-0.4, -0.2) is 64.2 Å². The second kappa shape index (κ2) is 18.1. The Hall–Kier alpha value is -0.960. The summed E-state index contributed by atoms with van der Waals surface area (Å²) in [5.74, 6) is 0.229. The molecular weight excluding hydrogens is 380 g/mol. The molecule has 0 spiro atoms. The molecule has 8 heteroatoms. The first-order valence-corrected chi connectivity index (χ1v) is 11.6. The highest BCUT2D eigenvalue weighted by molar-refractivity contribution is 7.80. The lowest BCUT2D eigenvalue weighted by Gasteiger charge is -2.28. The van der Waals surface area contributed by atoms with Gasteiger partial charge in [0.05, 0.1) is 34.3 Å². The van der Waals surface area contributed by atoms with Crippen molar-refractivity contribution in [2.24, 2.45) is 0 Å². The van der Waals surface area contributed by atoms with E-state index in [1.54, 1.807) is 0 Å². The normalized spacial score (nSPS) is 11.5. The highest BCUT2D eigenvalue weighted by Gasteiger charge is 2.10. The molecule has 0 rings (SSSR count). The molecule has 0 aromatic heterocycles. The topological polar surface area (TPSA) is 95.5 Å². The smallest absolute Gasteiger partial charge is 0.219 e. The van der Waals surface area contributed by atoms with Crippen LogP contribution >= 0.6 is 0 Å². The molecule has 0 heterocycles. The third kappa shape index (κ3) is 25.0. The molecule has 0 radical (unpaired) electrons. The van der Waals surface area contributed by atoms with Gasteiger partial charge in [-0.2, -0.15) is 0 Å². The van der Waals surface area contributed by atoms with Crippen LogP contribution in [0.15, 0.2) is 12.7 Å². The number of carbonyl (C=O) groups is 1. The Kier molecular flexibility index (Phi) is 18.9. The van der Waals surface area contributed by atoms with E-state index in [4.69, 9.17) is 0 Å². The van der Waals surface area contributed by atoms with E-state index < -0.39 is 10.4 Å². The van der Waals surface area contributed by atoms with Gasteiger partial charge in [-0.1, -0.05) is 38.2 Å². The highest BCUT2D eigenvalue weighted by Crippen LogP contribution is 2.09. The average molecular weight is 423 g/mol. The maximum Gasteiger partial charge on any atom is 0.219 e. The van der Waals surface area contributed by atoms with Gasteiger partial charge >= 0.3 is 0 Å². The van der Waals surface area contributed by atoms with Gasteiger partial charge in [-0.3, -0.25) is 8.98 Å². The van der Waals surface area contributed by atoms with Crippen LogP contribution in [0.25, 0.3) is 0 Å². The number of nitrogens with zero attached hydrogens (tertiary/aromatic N) is 1. The zero-order valence-electron chi connectivity index (χ0n) is 18.4. The molecule has 0 aliphatic heterocycles. The number of unbranched alkanes of at least 4 members (excludes halogenated alkanes) is 7. The highest BCUT2D eigenvalue weighted by atomic mass is 32.3. The molecule has 0 aliphatic carbocycles. The first kappa shape index (κ1) is 29.2. The number of hydrogen-bond acceptors (Lipinski definition) is 5. The van der Waals surface area contributed by atoms with Crippen LogP contribution in [0.2, 0.25) is 0 Å². The SMILES string of the molecule is C=CCCCCCCCCCC(=O)NCCC[N+](C)(C)CC.COS(=O)(=O)[O-]. The van der Waals surface area contributed by atoms with E-state index >= 15 is 0 Å². The maximum absolute atomic E-state index is 11.7. The zero-order chi connectivity index (χ0) is 21.9. The van der Waals surface area contributed by atoms with Crippen molar-refractivity contribution in [1.82, 2.24) is 5.32 Å². The number of nitrogens with one attached hydrogen (secondary N) is 1. The molecule has 28 heavy (non-hydrogen) atoms. The van der Waals surface area contributed by atoms with Crippen molar-refractivity contribution in [2.75, 3.05) is 40.8 Å². The van der Waals surface area contributed by atoms with Crippen LogP contribution in [0, 0.1) is 0 Å². The summed E-state index contributed by atoms with van der Waals surface area (Å²) >= 11 is 0. The van der Waals surface area contributed by atoms with Gasteiger partial charge in [-0.25, -0.2) is 8.42 Å². The molecule has 0 aromatic rings. The number of carbonyl (C=O) groups excluding carboxylic acids is 1. The van der Waals surface area contributed by atoms with Gasteiger partial charge in [0, 0.05) is 19.4 Å². The van der Waals surface area contributed by atoms with Gasteiger partial charge in [0.25, 0.3) is 0 Å². The lowest BCUT2D eigenvalue weighted by Crippen LogP contribution is -2.41. The maximum atomic E-state index is 11.7. The molecule has 1 N–H and O–H groups in total. The Balaban J connectivity index is 0. The lowest BCUT2D eigenvalue weighted by molar-refractivity contribution is -0.888. The summed E-state index contributed by atoms with van der Waals surface area (Å²) in [6, 6.07) is 0. The van der Waals surface area contributed by atoms with Crippen LogP contribution in [0.5, 0.6) is 0 Å². The number of rotatable bonds is 16. The van der Waals surface area contributed by atoms with Crippen molar-refractivity contribution in [3.05, 3.63) is 12.7 Å². The summed E-state index contributed by atoms with van der Waals surface area (Å²) in [6.45, 7) is 9.04. The van der Waals surface area contributed by atoms with Crippen molar-refractivity contribution in [2.45, 2.75) is 71.1 Å². The van der Waals surface area contributed by atoms with Crippen molar-refractivity contribution in [1.29, 1.82) is 0 Å². The summed E-state index contributed by atoms with van der Waals surface area (Å²) in [7, 11) is 0.867. The Bertz CT molecular complexity index is 493. The Morgan fingerprint density at radius 2 is 1.57 bits per heavy atom. The van der Waals surface area contributed by atoms with Crippen molar-refractivity contribution in [3.63, 3.8) is 0 Å². The van der Waals surface area contributed by atoms with E-state index in [2.05, 4.69) is 37.1 Å². The molecule has 0 unspecified atom stereocenters. The Morgan fingerprint density at radius 1 is 1.07 bits per heavy atom. The second-order valence-electron chi connectivity index (χ2n) is 7.56. The predicted octanol–water partition coefficient (Wildman–Crippen LogP) is 3.38. The summed E-state index contributed by atoms with van der Waals surface area (Å²) in [6.07, 6.45) is 13.6. The number of allylic oxidation sites excluding steroid dienone is 1. The number of hydrogen-bond donors (Lipinski definition) is 1. The third-order valence-corrected chi connectivity index (χ3v) is 5.04. The molecule has 7 nitrogen and oxygen atoms in total. The van der Waals surface area contributed by atoms with Gasteiger partial charge in [0.1, 0.15) is 0 Å². The predicted molar refractivity (Wildman–Crippen MR) is 114 cm³/mol. The number of amides is 1. The summed E-state index contributed by atoms with van der Waals surface area (Å²) < 4.78 is 32.1. The van der Waals surface area contributed by atoms with Crippen LogP contribution < -0.4 is 5.32 Å². The Morgan fingerprint density at radius 3 is 2.04 bits per heavy atom. The van der Waals surface area contributed by atoms with Crippen molar-refractivity contribution in [3.8, 4) is 0 Å². The molecule has 0 saturated carbocycles. The minimum atomic E-state index is -4.41. The largest absolute Gasteiger partial charge is 0.726 e. The molecule has 0 bridgehead atoms. The molecule has 0 saturated heterocycles. The van der Waals surface area contributed by atoms with Gasteiger partial charge in [0.2, 0.25) is 16.3 Å². The van der Waals surface area contributed by atoms with Crippen molar-refractivity contribution < 1.29 is 26.4 Å². The fourth-order valence-corrected chi connectivity index (χ4v) is 2.44. The summed E-state index contributed by atoms with van der Waals surface area (Å²) in [5, 5.41) is 3.05. The minimum Gasteiger partial charge on any atom is -0.726 e. The van der Waals surface area contributed by atoms with Gasteiger partial charge in [-0.15, -0.1) is 6.58 Å². The monoisotopic (exact) mass is 422 g/mol. The van der Waals surface area contributed by atoms with Crippen LogP contribution in [0.1, 0.15) is 71.1 Å². The molecule has 168 valence electrons. The van der Waals surface area contributed by atoms with Crippen molar-refractivity contribution >= 4 is 16.3 Å². The van der Waals surface area contributed by atoms with E-state index in [0.29, 0.717) is 6.42 Å². The van der Waals surface area contributed by atoms with E-state index in [0.717, 1.165) is 50.5 Å². The van der Waals surface area contributed by atoms with Crippen LogP contribution in [0.3, 0.4) is 0 Å². The zero-order valence-corrected chi connectivity index (χ0v) is 19.2. The quantitative estimate of drug-likeness (QED) is 0.135. The van der Waals surface area contributed by atoms with Gasteiger partial charge in [-0.05, 0) is 26.2 Å². The van der Waals surface area contributed by atoms with E-state index in [1.807, 2.05) is 6.08 Å². The van der Waals surface area contributed by atoms with E-state index in [9.17, 15) is 17.8 Å². The first-order valence-electron chi connectivity index (χ1n) is 10.3. The fraction of sp³-hybridized carbons (Fsp3) is 0.850. The van der Waals surface area contributed by atoms with Crippen LogP contribution in [0.4, 0.5) is 0 Å². The van der Waals surface area contributed by atoms with Gasteiger partial charge in [0.15, 0.2) is 0 Å². The molecule has 0 aromatic carbocycles. The number of quaternary nitrogens is 1. The first-order chi connectivity index (χ1) is 13.1. The fourth-order valence-electron chi connectivity index (χ4n) is 2.44. The van der Waals surface area contributed by atoms with Crippen LogP contribution in [-0.2, 0) is 19.4 Å². The standard InChI is InChI=1S/C19H38N2O.CH4O4S/c1-5-7-8-9-10-11-12-13-14-16-19(22)20-17-15-18-21(3,4)6-2;1-5-6(2,3)4/h5H,1,6-18H2,2-4H3;1H3,(H,2,3,4). The lowest BCUT2D eigenvalue weighted by atomic mass is 10.1. The summed E-state index contributed by atoms with van der Waals surface area (Å²) in [5.41, 5.74) is 0. The average Bonchev–Trinajstić information content (AvgIpc) is 2.64. The molecule has 0 aliphatic rings. The van der Waals surface area contributed by atoms with Gasteiger partial charge < -0.3 is 14.4 Å². The van der Waals surface area contributed by atoms with E-state index in [1.165, 1.54) is 38.5 Å². The molecule has 0 atom stereocenters. The summed E-state index contributed by atoms with van der Waals surface area (Å²) in [4.78, 5) is 11.7. The Labute approximate surface area is 173 Å².